The second-order valence-electron chi connectivity index (χ2n) is 8.91. The van der Waals surface area contributed by atoms with Crippen LogP contribution in [0.1, 0.15) is 68.3 Å². The maximum absolute atomic E-state index is 6.06. The van der Waals surface area contributed by atoms with Gasteiger partial charge in [0.25, 0.3) is 0 Å². The second-order valence-corrected chi connectivity index (χ2v) is 8.91. The van der Waals surface area contributed by atoms with Crippen molar-refractivity contribution in [2.24, 2.45) is 16.1 Å². The van der Waals surface area contributed by atoms with Gasteiger partial charge in [-0.1, -0.05) is 62.8 Å². The van der Waals surface area contributed by atoms with Crippen LogP contribution < -0.4 is 5.73 Å². The first kappa shape index (κ1) is 23.7. The molecule has 1 aliphatic rings. The smallest absolute Gasteiger partial charge is 0.0784 e. The van der Waals surface area contributed by atoms with E-state index in [0.29, 0.717) is 5.41 Å². The Hall–Kier alpha value is -2.94. The van der Waals surface area contributed by atoms with Gasteiger partial charge in [0.1, 0.15) is 0 Å². The molecule has 32 heavy (non-hydrogen) atoms. The van der Waals surface area contributed by atoms with E-state index < -0.39 is 0 Å². The first-order chi connectivity index (χ1) is 15.5. The van der Waals surface area contributed by atoms with Crippen LogP contribution in [0, 0.1) is 19.3 Å². The first-order valence-electron chi connectivity index (χ1n) is 11.9. The second kappa shape index (κ2) is 11.1. The molecule has 3 nitrogen and oxygen atoms in total. The maximum atomic E-state index is 6.06. The third-order valence-corrected chi connectivity index (χ3v) is 6.65. The standard InChI is InChI=1S/C29H37N3/c1-5-7-8-9-11-24-13-14-25(18-22(24)3)28-27(15-12-23(4)32-28)26(19-30)20-31-21-29(6-2)16-10-17-29/h7-9,11-15,18-20H,5-6,10,16-17,21,30H2,1-4H3/b8-7+,11-9-,26-19+,31-20?. The number of aryl methyl sites for hydroxylation is 2. The predicted molar refractivity (Wildman–Crippen MR) is 140 cm³/mol. The Bertz CT molecular complexity index is 1030. The zero-order chi connectivity index (χ0) is 23.0. The Morgan fingerprint density at radius 2 is 1.94 bits per heavy atom. The number of hydrogen-bond acceptors (Lipinski definition) is 3. The van der Waals surface area contributed by atoms with E-state index in [9.17, 15) is 0 Å². The van der Waals surface area contributed by atoms with E-state index in [2.05, 4.69) is 69.3 Å². The van der Waals surface area contributed by atoms with Crippen LogP contribution in [-0.2, 0) is 0 Å². The molecule has 0 atom stereocenters. The summed E-state index contributed by atoms with van der Waals surface area (Å²) in [6.45, 7) is 9.46. The van der Waals surface area contributed by atoms with Gasteiger partial charge in [-0.2, -0.15) is 0 Å². The molecule has 0 bridgehead atoms. The minimum atomic E-state index is 0.400. The van der Waals surface area contributed by atoms with Crippen LogP contribution in [0.4, 0.5) is 0 Å². The third kappa shape index (κ3) is 5.64. The average molecular weight is 428 g/mol. The summed E-state index contributed by atoms with van der Waals surface area (Å²) in [7, 11) is 0. The lowest BCUT2D eigenvalue weighted by atomic mass is 9.67. The van der Waals surface area contributed by atoms with E-state index in [-0.39, 0.29) is 0 Å². The van der Waals surface area contributed by atoms with Crippen molar-refractivity contribution in [3.8, 4) is 11.3 Å². The molecular formula is C29H37N3. The molecule has 1 heterocycles. The number of nitrogens with zero attached hydrogens (tertiary/aromatic N) is 2. The molecule has 0 amide bonds. The SMILES string of the molecule is CC/C=C/C=C\c1ccc(-c2nc(C)ccc2/C(C=NCC2(CC)CCC2)=C/N)cc1C. The largest absolute Gasteiger partial charge is 0.404 e. The zero-order valence-corrected chi connectivity index (χ0v) is 20.1. The van der Waals surface area contributed by atoms with Crippen molar-refractivity contribution in [2.45, 2.75) is 59.8 Å². The first-order valence-corrected chi connectivity index (χ1v) is 11.9. The van der Waals surface area contributed by atoms with Gasteiger partial charge in [-0.15, -0.1) is 0 Å². The Labute approximate surface area is 193 Å². The summed E-state index contributed by atoms with van der Waals surface area (Å²) >= 11 is 0. The quantitative estimate of drug-likeness (QED) is 0.337. The summed E-state index contributed by atoms with van der Waals surface area (Å²) in [6, 6.07) is 10.7. The lowest BCUT2D eigenvalue weighted by molar-refractivity contribution is 0.139. The lowest BCUT2D eigenvalue weighted by Crippen LogP contribution is -2.31. The summed E-state index contributed by atoms with van der Waals surface area (Å²) in [4.78, 5) is 9.69. The zero-order valence-electron chi connectivity index (χ0n) is 20.1. The number of benzene rings is 1. The predicted octanol–water partition coefficient (Wildman–Crippen LogP) is 7.30. The average Bonchev–Trinajstić information content (AvgIpc) is 2.77. The van der Waals surface area contributed by atoms with Crippen LogP contribution >= 0.6 is 0 Å². The Kier molecular flexibility index (Phi) is 8.21. The van der Waals surface area contributed by atoms with Crippen molar-refractivity contribution in [3.63, 3.8) is 0 Å². The van der Waals surface area contributed by atoms with Crippen molar-refractivity contribution >= 4 is 17.9 Å². The number of aromatic nitrogens is 1. The van der Waals surface area contributed by atoms with Gasteiger partial charge in [-0.3, -0.25) is 9.98 Å². The number of aliphatic imine (C=N–C) groups is 1. The van der Waals surface area contributed by atoms with Crippen molar-refractivity contribution in [3.05, 3.63) is 77.1 Å². The fourth-order valence-electron chi connectivity index (χ4n) is 4.23. The van der Waals surface area contributed by atoms with Gasteiger partial charge in [-0.25, -0.2) is 0 Å². The molecule has 0 unspecified atom stereocenters. The van der Waals surface area contributed by atoms with E-state index in [0.717, 1.165) is 41.1 Å². The van der Waals surface area contributed by atoms with Gasteiger partial charge >= 0.3 is 0 Å². The highest BCUT2D eigenvalue weighted by Gasteiger charge is 2.34. The number of hydrogen-bond donors (Lipinski definition) is 1. The van der Waals surface area contributed by atoms with Crippen molar-refractivity contribution in [1.29, 1.82) is 0 Å². The molecule has 3 rings (SSSR count). The van der Waals surface area contributed by atoms with Crippen LogP contribution in [-0.4, -0.2) is 17.7 Å². The summed E-state index contributed by atoms with van der Waals surface area (Å²) in [6.07, 6.45) is 18.2. The highest BCUT2D eigenvalue weighted by Crippen LogP contribution is 2.44. The molecule has 2 N–H and O–H groups in total. The Balaban J connectivity index is 1.89. The summed E-state index contributed by atoms with van der Waals surface area (Å²) < 4.78 is 0. The molecule has 1 aromatic carbocycles. The molecule has 0 radical (unpaired) electrons. The molecule has 1 aromatic heterocycles. The van der Waals surface area contributed by atoms with E-state index in [4.69, 9.17) is 15.7 Å². The third-order valence-electron chi connectivity index (χ3n) is 6.65. The molecule has 168 valence electrons. The Morgan fingerprint density at radius 3 is 2.56 bits per heavy atom. The van der Waals surface area contributed by atoms with E-state index in [1.54, 1.807) is 6.20 Å². The van der Waals surface area contributed by atoms with Gasteiger partial charge in [0, 0.05) is 41.4 Å². The van der Waals surface area contributed by atoms with Crippen LogP contribution in [0.2, 0.25) is 0 Å². The number of pyridine rings is 1. The number of rotatable bonds is 9. The fourth-order valence-corrected chi connectivity index (χ4v) is 4.23. The highest BCUT2D eigenvalue weighted by atomic mass is 14.8. The maximum Gasteiger partial charge on any atom is 0.0784 e. The molecule has 3 heteroatoms. The fraction of sp³-hybridized carbons (Fsp3) is 0.379. The number of allylic oxidation sites excluding steroid dienone is 4. The molecule has 1 fully saturated rings. The van der Waals surface area contributed by atoms with Gasteiger partial charge in [0.2, 0.25) is 0 Å². The van der Waals surface area contributed by atoms with Crippen LogP contribution in [0.3, 0.4) is 0 Å². The molecule has 1 aliphatic carbocycles. The summed E-state index contributed by atoms with van der Waals surface area (Å²) in [5.41, 5.74) is 13.9. The lowest BCUT2D eigenvalue weighted by Gasteiger charge is -2.39. The van der Waals surface area contributed by atoms with Crippen LogP contribution in [0.25, 0.3) is 22.9 Å². The van der Waals surface area contributed by atoms with Gasteiger partial charge in [0.15, 0.2) is 0 Å². The minimum absolute atomic E-state index is 0.400. The van der Waals surface area contributed by atoms with Gasteiger partial charge < -0.3 is 5.73 Å². The molecular weight excluding hydrogens is 390 g/mol. The highest BCUT2D eigenvalue weighted by molar-refractivity contribution is 6.11. The minimum Gasteiger partial charge on any atom is -0.404 e. The van der Waals surface area contributed by atoms with Crippen molar-refractivity contribution in [2.75, 3.05) is 6.54 Å². The van der Waals surface area contributed by atoms with E-state index >= 15 is 0 Å². The van der Waals surface area contributed by atoms with Gasteiger partial charge in [-0.05, 0) is 68.2 Å². The molecule has 2 aromatic rings. The molecule has 0 saturated heterocycles. The van der Waals surface area contributed by atoms with Crippen molar-refractivity contribution < 1.29 is 0 Å². The van der Waals surface area contributed by atoms with Crippen LogP contribution in [0.5, 0.6) is 0 Å². The molecule has 1 saturated carbocycles. The van der Waals surface area contributed by atoms with Crippen molar-refractivity contribution in [1.82, 2.24) is 4.98 Å². The molecule has 0 aliphatic heterocycles. The topological polar surface area (TPSA) is 51.3 Å². The normalized spacial score (nSPS) is 16.3. The van der Waals surface area contributed by atoms with Gasteiger partial charge in [0.05, 0.1) is 5.69 Å². The number of nitrogens with two attached hydrogens (primary N) is 1. The monoisotopic (exact) mass is 427 g/mol. The molecule has 0 spiro atoms. The Morgan fingerprint density at radius 1 is 1.12 bits per heavy atom. The van der Waals surface area contributed by atoms with E-state index in [1.165, 1.54) is 36.8 Å². The van der Waals surface area contributed by atoms with Crippen LogP contribution in [0.15, 0.2) is 59.8 Å². The van der Waals surface area contributed by atoms with E-state index in [1.807, 2.05) is 19.2 Å². The summed E-state index contributed by atoms with van der Waals surface area (Å²) in [5.74, 6) is 0. The summed E-state index contributed by atoms with van der Waals surface area (Å²) in [5, 5.41) is 0.